The highest BCUT2D eigenvalue weighted by Gasteiger charge is 2.28. The number of tetrazole rings is 1. The monoisotopic (exact) mass is 363 g/mol. The van der Waals surface area contributed by atoms with Gasteiger partial charge in [0.25, 0.3) is 5.91 Å². The van der Waals surface area contributed by atoms with E-state index in [9.17, 15) is 4.79 Å². The van der Waals surface area contributed by atoms with E-state index in [1.54, 1.807) is 18.2 Å². The number of anilines is 1. The Labute approximate surface area is 155 Å². The Morgan fingerprint density at radius 3 is 2.59 bits per heavy atom. The zero-order valence-electron chi connectivity index (χ0n) is 14.5. The van der Waals surface area contributed by atoms with Gasteiger partial charge < -0.3 is 14.8 Å². The molecule has 0 saturated heterocycles. The van der Waals surface area contributed by atoms with Crippen LogP contribution in [0, 0.1) is 0 Å². The van der Waals surface area contributed by atoms with Crippen molar-refractivity contribution in [3.8, 4) is 22.9 Å². The van der Waals surface area contributed by atoms with Crippen LogP contribution in [0.5, 0.6) is 11.5 Å². The molecule has 0 radical (unpaired) electrons. The summed E-state index contributed by atoms with van der Waals surface area (Å²) in [7, 11) is 0. The van der Waals surface area contributed by atoms with Crippen molar-refractivity contribution in [3.63, 3.8) is 0 Å². The van der Waals surface area contributed by atoms with Crippen LogP contribution < -0.4 is 14.8 Å². The first-order valence-corrected chi connectivity index (χ1v) is 8.87. The fourth-order valence-corrected chi connectivity index (χ4v) is 3.04. The van der Waals surface area contributed by atoms with Crippen LogP contribution in [-0.2, 0) is 0 Å². The number of ether oxygens (including phenoxy) is 2. The van der Waals surface area contributed by atoms with Gasteiger partial charge in [0.1, 0.15) is 13.2 Å². The van der Waals surface area contributed by atoms with Crippen LogP contribution in [-0.4, -0.2) is 39.3 Å². The molecule has 3 aromatic rings. The second-order valence-electron chi connectivity index (χ2n) is 6.57. The van der Waals surface area contributed by atoms with Crippen LogP contribution in [0.4, 0.5) is 5.69 Å². The SMILES string of the molecule is O=C(Nc1ccc(-c2nnnn2C2CC2)cc1)c1ccc2c(c1)OCCO2. The highest BCUT2D eigenvalue weighted by molar-refractivity contribution is 6.04. The number of nitrogens with one attached hydrogen (secondary N) is 1. The smallest absolute Gasteiger partial charge is 0.255 e. The predicted molar refractivity (Wildman–Crippen MR) is 96.9 cm³/mol. The highest BCUT2D eigenvalue weighted by atomic mass is 16.6. The van der Waals surface area contributed by atoms with E-state index in [4.69, 9.17) is 9.47 Å². The van der Waals surface area contributed by atoms with Crippen molar-refractivity contribution < 1.29 is 14.3 Å². The van der Waals surface area contributed by atoms with Gasteiger partial charge in [-0.2, -0.15) is 0 Å². The Kier molecular flexibility index (Phi) is 3.74. The van der Waals surface area contributed by atoms with Gasteiger partial charge >= 0.3 is 0 Å². The maximum atomic E-state index is 12.5. The molecular formula is C19H17N5O3. The van der Waals surface area contributed by atoms with E-state index >= 15 is 0 Å². The molecule has 1 saturated carbocycles. The molecule has 1 amide bonds. The minimum atomic E-state index is -0.206. The lowest BCUT2D eigenvalue weighted by Gasteiger charge is -2.18. The van der Waals surface area contributed by atoms with E-state index in [1.807, 2.05) is 28.9 Å². The third kappa shape index (κ3) is 3.10. The highest BCUT2D eigenvalue weighted by Crippen LogP contribution is 2.36. The number of carbonyl (C=O) groups is 1. The number of nitrogens with zero attached hydrogens (tertiary/aromatic N) is 4. The lowest BCUT2D eigenvalue weighted by molar-refractivity contribution is 0.102. The summed E-state index contributed by atoms with van der Waals surface area (Å²) in [6.45, 7) is 1.01. The third-order valence-corrected chi connectivity index (χ3v) is 4.59. The molecule has 2 aromatic carbocycles. The summed E-state index contributed by atoms with van der Waals surface area (Å²) in [5, 5.41) is 14.8. The van der Waals surface area contributed by atoms with Crippen LogP contribution in [0.15, 0.2) is 42.5 Å². The molecule has 2 heterocycles. The second-order valence-corrected chi connectivity index (χ2v) is 6.57. The molecule has 5 rings (SSSR count). The lowest BCUT2D eigenvalue weighted by Crippen LogP contribution is -2.17. The molecule has 1 N–H and O–H groups in total. The first-order valence-electron chi connectivity index (χ1n) is 8.87. The van der Waals surface area contributed by atoms with Gasteiger partial charge in [-0.3, -0.25) is 4.79 Å². The Balaban J connectivity index is 1.32. The summed E-state index contributed by atoms with van der Waals surface area (Å²) in [4.78, 5) is 12.5. The Morgan fingerprint density at radius 1 is 1.04 bits per heavy atom. The summed E-state index contributed by atoms with van der Waals surface area (Å²) in [5.74, 6) is 1.80. The molecule has 0 spiro atoms. The van der Waals surface area contributed by atoms with Crippen LogP contribution in [0.1, 0.15) is 29.2 Å². The van der Waals surface area contributed by atoms with Crippen molar-refractivity contribution in [2.75, 3.05) is 18.5 Å². The molecule has 0 atom stereocenters. The van der Waals surface area contributed by atoms with Crippen molar-refractivity contribution in [2.24, 2.45) is 0 Å². The quantitative estimate of drug-likeness (QED) is 0.766. The number of hydrogen-bond acceptors (Lipinski definition) is 6. The molecule has 1 aromatic heterocycles. The number of fused-ring (bicyclic) bond motifs is 1. The summed E-state index contributed by atoms with van der Waals surface area (Å²) >= 11 is 0. The maximum absolute atomic E-state index is 12.5. The Morgan fingerprint density at radius 2 is 1.81 bits per heavy atom. The summed E-state index contributed by atoms with van der Waals surface area (Å²) in [6, 6.07) is 13.1. The van der Waals surface area contributed by atoms with Gasteiger partial charge in [0.05, 0.1) is 6.04 Å². The first kappa shape index (κ1) is 15.8. The molecule has 8 nitrogen and oxygen atoms in total. The summed E-state index contributed by atoms with van der Waals surface area (Å²) in [6.07, 6.45) is 2.23. The molecule has 1 aliphatic carbocycles. The van der Waals surface area contributed by atoms with Gasteiger partial charge in [0.2, 0.25) is 0 Å². The molecule has 8 heteroatoms. The average molecular weight is 363 g/mol. The minimum Gasteiger partial charge on any atom is -0.486 e. The summed E-state index contributed by atoms with van der Waals surface area (Å²) < 4.78 is 12.9. The van der Waals surface area contributed by atoms with Crippen LogP contribution in [0.3, 0.4) is 0 Å². The van der Waals surface area contributed by atoms with Gasteiger partial charge in [-0.05, 0) is 65.7 Å². The molecular weight excluding hydrogens is 346 g/mol. The number of benzene rings is 2. The molecule has 2 aliphatic rings. The predicted octanol–water partition coefficient (Wildman–Crippen LogP) is 2.70. The average Bonchev–Trinajstić information content (AvgIpc) is 3.44. The largest absolute Gasteiger partial charge is 0.486 e. The molecule has 1 fully saturated rings. The van der Waals surface area contributed by atoms with Gasteiger partial charge in [0.15, 0.2) is 17.3 Å². The number of hydrogen-bond donors (Lipinski definition) is 1. The van der Waals surface area contributed by atoms with Crippen LogP contribution >= 0.6 is 0 Å². The zero-order valence-corrected chi connectivity index (χ0v) is 14.5. The van der Waals surface area contributed by atoms with Gasteiger partial charge in [-0.15, -0.1) is 5.10 Å². The minimum absolute atomic E-state index is 0.206. The van der Waals surface area contributed by atoms with Crippen molar-refractivity contribution in [2.45, 2.75) is 18.9 Å². The standard InChI is InChI=1S/C19H17N5O3/c25-19(13-3-8-16-17(11-13)27-10-9-26-16)20-14-4-1-12(2-5-14)18-21-22-23-24(18)15-6-7-15/h1-5,8,11,15H,6-7,9-10H2,(H,20,25). The second kappa shape index (κ2) is 6.39. The number of aromatic nitrogens is 4. The van der Waals surface area contributed by atoms with Crippen molar-refractivity contribution in [1.29, 1.82) is 0 Å². The van der Waals surface area contributed by atoms with Crippen LogP contribution in [0.2, 0.25) is 0 Å². The van der Waals surface area contributed by atoms with Crippen molar-refractivity contribution in [3.05, 3.63) is 48.0 Å². The fraction of sp³-hybridized carbons (Fsp3) is 0.263. The van der Waals surface area contributed by atoms with Crippen molar-refractivity contribution in [1.82, 2.24) is 20.2 Å². The van der Waals surface area contributed by atoms with Crippen molar-refractivity contribution >= 4 is 11.6 Å². The third-order valence-electron chi connectivity index (χ3n) is 4.59. The van der Waals surface area contributed by atoms with E-state index in [0.717, 1.165) is 24.2 Å². The first-order chi connectivity index (χ1) is 13.3. The molecule has 136 valence electrons. The summed E-state index contributed by atoms with van der Waals surface area (Å²) in [5.41, 5.74) is 2.13. The van der Waals surface area contributed by atoms with Gasteiger partial charge in [-0.25, -0.2) is 4.68 Å². The normalized spacial score (nSPS) is 15.4. The Hall–Kier alpha value is -3.42. The maximum Gasteiger partial charge on any atom is 0.255 e. The van der Waals surface area contributed by atoms with Gasteiger partial charge in [0, 0.05) is 16.8 Å². The topological polar surface area (TPSA) is 91.2 Å². The molecule has 1 aliphatic heterocycles. The van der Waals surface area contributed by atoms with Crippen LogP contribution in [0.25, 0.3) is 11.4 Å². The van der Waals surface area contributed by atoms with Gasteiger partial charge in [-0.1, -0.05) is 0 Å². The number of rotatable bonds is 4. The van der Waals surface area contributed by atoms with E-state index in [-0.39, 0.29) is 5.91 Å². The number of carbonyl (C=O) groups excluding carboxylic acids is 1. The lowest BCUT2D eigenvalue weighted by atomic mass is 10.1. The van der Waals surface area contributed by atoms with E-state index in [0.29, 0.717) is 42.0 Å². The zero-order chi connectivity index (χ0) is 18.2. The Bertz CT molecular complexity index is 995. The molecule has 27 heavy (non-hydrogen) atoms. The molecule has 0 unspecified atom stereocenters. The van der Waals surface area contributed by atoms with E-state index in [1.165, 1.54) is 0 Å². The number of amides is 1. The fourth-order valence-electron chi connectivity index (χ4n) is 3.04. The molecule has 0 bridgehead atoms. The van der Waals surface area contributed by atoms with E-state index < -0.39 is 0 Å². The van der Waals surface area contributed by atoms with E-state index in [2.05, 4.69) is 20.8 Å².